The predicted octanol–water partition coefficient (Wildman–Crippen LogP) is 1.87. The zero-order valence-corrected chi connectivity index (χ0v) is 8.45. The highest BCUT2D eigenvalue weighted by Gasteiger charge is 2.48. The van der Waals surface area contributed by atoms with E-state index in [-0.39, 0.29) is 18.5 Å². The molecule has 75 valence electrons. The standard InChI is InChI=1S/C10H17O3/c1-4-5-7-6-8-9(11-7)13-10(2,3)12-8/h5,7-9H,4,6H2,1-3H3/t7-,8+,9+/m0/s1. The van der Waals surface area contributed by atoms with Crippen LogP contribution in [0.2, 0.25) is 0 Å². The first-order valence-corrected chi connectivity index (χ1v) is 4.95. The smallest absolute Gasteiger partial charge is 0.187 e. The molecule has 2 saturated heterocycles. The third-order valence-electron chi connectivity index (χ3n) is 2.41. The summed E-state index contributed by atoms with van der Waals surface area (Å²) >= 11 is 0. The van der Waals surface area contributed by atoms with Crippen LogP contribution in [0.5, 0.6) is 0 Å². The molecule has 2 aliphatic heterocycles. The summed E-state index contributed by atoms with van der Waals surface area (Å²) in [6.07, 6.45) is 4.33. The van der Waals surface area contributed by atoms with Gasteiger partial charge in [0, 0.05) is 6.42 Å². The number of hydrogen-bond donors (Lipinski definition) is 0. The minimum Gasteiger partial charge on any atom is -0.346 e. The summed E-state index contributed by atoms with van der Waals surface area (Å²) in [5, 5.41) is 0. The SMILES string of the molecule is CC[CH][C@H]1C[C@H]2OC(C)(C)O[C@H]2O1. The fourth-order valence-corrected chi connectivity index (χ4v) is 1.95. The number of hydrogen-bond acceptors (Lipinski definition) is 3. The zero-order valence-electron chi connectivity index (χ0n) is 8.45. The van der Waals surface area contributed by atoms with Crippen LogP contribution in [-0.4, -0.2) is 24.3 Å². The summed E-state index contributed by atoms with van der Waals surface area (Å²) in [5.74, 6) is -0.466. The van der Waals surface area contributed by atoms with Crippen molar-refractivity contribution in [3.8, 4) is 0 Å². The molecule has 0 aromatic rings. The first kappa shape index (κ1) is 9.44. The molecule has 3 heteroatoms. The lowest BCUT2D eigenvalue weighted by Gasteiger charge is -2.19. The maximum absolute atomic E-state index is 5.68. The van der Waals surface area contributed by atoms with Crippen molar-refractivity contribution in [1.29, 1.82) is 0 Å². The van der Waals surface area contributed by atoms with Crippen LogP contribution in [0.25, 0.3) is 0 Å². The molecule has 3 atom stereocenters. The van der Waals surface area contributed by atoms with Crippen LogP contribution in [0.1, 0.15) is 33.6 Å². The molecule has 0 amide bonds. The molecule has 0 aromatic heterocycles. The third kappa shape index (κ3) is 1.87. The zero-order chi connectivity index (χ0) is 9.47. The average molecular weight is 185 g/mol. The normalized spacial score (nSPS) is 42.2. The molecular weight excluding hydrogens is 168 g/mol. The molecule has 0 saturated carbocycles. The first-order valence-electron chi connectivity index (χ1n) is 4.95. The van der Waals surface area contributed by atoms with Crippen LogP contribution in [0.15, 0.2) is 0 Å². The van der Waals surface area contributed by atoms with Gasteiger partial charge in [0.2, 0.25) is 0 Å². The van der Waals surface area contributed by atoms with Gasteiger partial charge in [-0.05, 0) is 20.3 Å². The van der Waals surface area contributed by atoms with Gasteiger partial charge in [-0.15, -0.1) is 0 Å². The molecule has 0 N–H and O–H groups in total. The van der Waals surface area contributed by atoms with Crippen molar-refractivity contribution < 1.29 is 14.2 Å². The van der Waals surface area contributed by atoms with Gasteiger partial charge in [0.05, 0.1) is 6.10 Å². The van der Waals surface area contributed by atoms with Crippen LogP contribution in [-0.2, 0) is 14.2 Å². The van der Waals surface area contributed by atoms with Crippen LogP contribution in [0.3, 0.4) is 0 Å². The lowest BCUT2D eigenvalue weighted by atomic mass is 10.1. The summed E-state index contributed by atoms with van der Waals surface area (Å²) < 4.78 is 16.9. The van der Waals surface area contributed by atoms with E-state index in [1.54, 1.807) is 0 Å². The van der Waals surface area contributed by atoms with Gasteiger partial charge in [0.15, 0.2) is 12.1 Å². The van der Waals surface area contributed by atoms with E-state index in [0.29, 0.717) is 0 Å². The summed E-state index contributed by atoms with van der Waals surface area (Å²) in [6.45, 7) is 5.96. The van der Waals surface area contributed by atoms with Crippen LogP contribution in [0, 0.1) is 6.42 Å². The Balaban J connectivity index is 1.90. The van der Waals surface area contributed by atoms with E-state index in [9.17, 15) is 0 Å². The van der Waals surface area contributed by atoms with E-state index in [0.717, 1.165) is 12.8 Å². The Hall–Kier alpha value is -0.120. The fourth-order valence-electron chi connectivity index (χ4n) is 1.95. The van der Waals surface area contributed by atoms with E-state index >= 15 is 0 Å². The van der Waals surface area contributed by atoms with E-state index < -0.39 is 5.79 Å². The molecule has 2 fully saturated rings. The Kier molecular flexibility index (Phi) is 2.34. The van der Waals surface area contributed by atoms with Crippen LogP contribution < -0.4 is 0 Å². The number of rotatable bonds is 2. The van der Waals surface area contributed by atoms with E-state index in [4.69, 9.17) is 14.2 Å². The van der Waals surface area contributed by atoms with Crippen molar-refractivity contribution in [2.75, 3.05) is 0 Å². The van der Waals surface area contributed by atoms with Gasteiger partial charge in [0.1, 0.15) is 6.10 Å². The molecule has 3 nitrogen and oxygen atoms in total. The second-order valence-corrected chi connectivity index (χ2v) is 4.10. The quantitative estimate of drug-likeness (QED) is 0.657. The van der Waals surface area contributed by atoms with Crippen molar-refractivity contribution in [2.24, 2.45) is 0 Å². The van der Waals surface area contributed by atoms with E-state index in [1.165, 1.54) is 0 Å². The first-order chi connectivity index (χ1) is 6.11. The maximum atomic E-state index is 5.68. The molecular formula is C10H17O3. The van der Waals surface area contributed by atoms with Gasteiger partial charge in [-0.3, -0.25) is 0 Å². The van der Waals surface area contributed by atoms with Crippen LogP contribution in [0.4, 0.5) is 0 Å². The van der Waals surface area contributed by atoms with Gasteiger partial charge < -0.3 is 14.2 Å². The third-order valence-corrected chi connectivity index (χ3v) is 2.41. The highest BCUT2D eigenvalue weighted by molar-refractivity contribution is 4.90. The summed E-state index contributed by atoms with van der Waals surface area (Å²) in [6, 6.07) is 0. The van der Waals surface area contributed by atoms with E-state index in [1.807, 2.05) is 13.8 Å². The van der Waals surface area contributed by atoms with Crippen molar-refractivity contribution >= 4 is 0 Å². The summed E-state index contributed by atoms with van der Waals surface area (Å²) in [5.41, 5.74) is 0. The Morgan fingerprint density at radius 3 is 2.77 bits per heavy atom. The molecule has 13 heavy (non-hydrogen) atoms. The van der Waals surface area contributed by atoms with Crippen molar-refractivity contribution in [3.63, 3.8) is 0 Å². The Labute approximate surface area is 79.4 Å². The van der Waals surface area contributed by atoms with Crippen molar-refractivity contribution in [3.05, 3.63) is 6.42 Å². The van der Waals surface area contributed by atoms with Gasteiger partial charge in [-0.2, -0.15) is 0 Å². The Morgan fingerprint density at radius 2 is 2.15 bits per heavy atom. The molecule has 0 bridgehead atoms. The summed E-state index contributed by atoms with van der Waals surface area (Å²) in [7, 11) is 0. The minimum absolute atomic E-state index is 0.128. The topological polar surface area (TPSA) is 27.7 Å². The van der Waals surface area contributed by atoms with E-state index in [2.05, 4.69) is 13.3 Å². The Bertz CT molecular complexity index is 175. The monoisotopic (exact) mass is 185 g/mol. The minimum atomic E-state index is -0.466. The largest absolute Gasteiger partial charge is 0.346 e. The molecule has 2 aliphatic rings. The number of fused-ring (bicyclic) bond motifs is 1. The molecule has 1 radical (unpaired) electrons. The number of ether oxygens (including phenoxy) is 3. The molecule has 2 rings (SSSR count). The molecule has 0 aromatic carbocycles. The van der Waals surface area contributed by atoms with Crippen molar-refractivity contribution in [2.45, 2.75) is 57.9 Å². The summed E-state index contributed by atoms with van der Waals surface area (Å²) in [4.78, 5) is 0. The lowest BCUT2D eigenvalue weighted by Crippen LogP contribution is -2.24. The van der Waals surface area contributed by atoms with Gasteiger partial charge in [-0.1, -0.05) is 13.3 Å². The molecule has 2 heterocycles. The molecule has 0 unspecified atom stereocenters. The highest BCUT2D eigenvalue weighted by atomic mass is 16.8. The predicted molar refractivity (Wildman–Crippen MR) is 47.9 cm³/mol. The second kappa shape index (κ2) is 3.23. The fraction of sp³-hybridized carbons (Fsp3) is 0.900. The highest BCUT2D eigenvalue weighted by Crippen LogP contribution is 2.37. The molecule has 0 aliphatic carbocycles. The van der Waals surface area contributed by atoms with Crippen molar-refractivity contribution in [1.82, 2.24) is 0 Å². The molecule has 0 spiro atoms. The van der Waals surface area contributed by atoms with Gasteiger partial charge in [-0.25, -0.2) is 0 Å². The average Bonchev–Trinajstić information content (AvgIpc) is 2.41. The van der Waals surface area contributed by atoms with Gasteiger partial charge >= 0.3 is 0 Å². The van der Waals surface area contributed by atoms with Gasteiger partial charge in [0.25, 0.3) is 0 Å². The van der Waals surface area contributed by atoms with Crippen LogP contribution >= 0.6 is 0 Å². The maximum Gasteiger partial charge on any atom is 0.187 e. The Morgan fingerprint density at radius 1 is 1.38 bits per heavy atom. The lowest BCUT2D eigenvalue weighted by molar-refractivity contribution is -0.201. The second-order valence-electron chi connectivity index (χ2n) is 4.10.